The lowest BCUT2D eigenvalue weighted by molar-refractivity contribution is -0.169. The third kappa shape index (κ3) is 2.31. The van der Waals surface area contributed by atoms with Crippen molar-refractivity contribution in [2.45, 2.75) is 73.1 Å². The van der Waals surface area contributed by atoms with Gasteiger partial charge in [-0.1, -0.05) is 45.8 Å². The van der Waals surface area contributed by atoms with Crippen molar-refractivity contribution in [2.75, 3.05) is 7.11 Å². The molecule has 0 amide bonds. The molecule has 0 bridgehead atoms. The van der Waals surface area contributed by atoms with Gasteiger partial charge in [0.1, 0.15) is 0 Å². The SMILES string of the molecule is COC(=O)C1C(C)=CCC2C1(C)CCC1C(C)(C)CCCC12C. The van der Waals surface area contributed by atoms with Crippen molar-refractivity contribution in [1.82, 2.24) is 0 Å². The summed E-state index contributed by atoms with van der Waals surface area (Å²) in [5.41, 5.74) is 2.08. The lowest BCUT2D eigenvalue weighted by Gasteiger charge is -2.64. The summed E-state index contributed by atoms with van der Waals surface area (Å²) >= 11 is 0. The number of fused-ring (bicyclic) bond motifs is 3. The smallest absolute Gasteiger partial charge is 0.313 e. The second-order valence-corrected chi connectivity index (χ2v) is 9.64. The molecule has 0 saturated heterocycles. The van der Waals surface area contributed by atoms with Gasteiger partial charge in [-0.15, -0.1) is 0 Å². The topological polar surface area (TPSA) is 26.3 Å². The third-order valence-electron chi connectivity index (χ3n) is 8.07. The average molecular weight is 319 g/mol. The first-order chi connectivity index (χ1) is 10.7. The standard InChI is InChI=1S/C21H34O2/c1-14-8-9-16-20(4)12-7-11-19(2,3)15(20)10-13-21(16,5)17(14)18(22)23-6/h8,15-17H,7,9-13H2,1-6H3. The predicted molar refractivity (Wildman–Crippen MR) is 93.9 cm³/mol. The average Bonchev–Trinajstić information content (AvgIpc) is 2.44. The summed E-state index contributed by atoms with van der Waals surface area (Å²) in [6.07, 6.45) is 9.90. The Morgan fingerprint density at radius 3 is 2.43 bits per heavy atom. The fourth-order valence-corrected chi connectivity index (χ4v) is 7.09. The number of hydrogen-bond donors (Lipinski definition) is 0. The summed E-state index contributed by atoms with van der Waals surface area (Å²) in [6, 6.07) is 0. The Labute approximate surface area is 142 Å². The summed E-state index contributed by atoms with van der Waals surface area (Å²) < 4.78 is 5.20. The molecule has 0 spiro atoms. The molecule has 2 fully saturated rings. The highest BCUT2D eigenvalue weighted by molar-refractivity contribution is 5.77. The second kappa shape index (κ2) is 5.36. The number of allylic oxidation sites excluding steroid dienone is 1. The molecule has 0 aromatic rings. The number of esters is 1. The lowest BCUT2D eigenvalue weighted by atomic mass is 9.40. The van der Waals surface area contributed by atoms with Crippen LogP contribution in [0.3, 0.4) is 0 Å². The molecular weight excluding hydrogens is 284 g/mol. The Bertz CT molecular complexity index is 532. The molecule has 2 nitrogen and oxygen atoms in total. The number of rotatable bonds is 1. The largest absolute Gasteiger partial charge is 0.469 e. The number of ether oxygens (including phenoxy) is 1. The van der Waals surface area contributed by atoms with Gasteiger partial charge in [-0.2, -0.15) is 0 Å². The van der Waals surface area contributed by atoms with Crippen molar-refractivity contribution in [2.24, 2.45) is 34.0 Å². The zero-order valence-corrected chi connectivity index (χ0v) is 15.9. The molecule has 5 atom stereocenters. The molecule has 3 aliphatic rings. The van der Waals surface area contributed by atoms with Gasteiger partial charge in [0.2, 0.25) is 0 Å². The van der Waals surface area contributed by atoms with E-state index in [1.807, 2.05) is 0 Å². The molecule has 130 valence electrons. The van der Waals surface area contributed by atoms with Crippen LogP contribution in [-0.4, -0.2) is 13.1 Å². The summed E-state index contributed by atoms with van der Waals surface area (Å²) in [4.78, 5) is 12.6. The van der Waals surface area contributed by atoms with Crippen molar-refractivity contribution in [1.29, 1.82) is 0 Å². The zero-order valence-electron chi connectivity index (χ0n) is 15.9. The van der Waals surface area contributed by atoms with Crippen LogP contribution in [0.25, 0.3) is 0 Å². The Balaban J connectivity index is 2.05. The number of methoxy groups -OCH3 is 1. The van der Waals surface area contributed by atoms with E-state index in [-0.39, 0.29) is 17.3 Å². The van der Waals surface area contributed by atoms with E-state index in [1.54, 1.807) is 7.11 Å². The normalized spacial score (nSPS) is 45.5. The molecule has 5 unspecified atom stereocenters. The quantitative estimate of drug-likeness (QED) is 0.479. The highest BCUT2D eigenvalue weighted by Gasteiger charge is 2.61. The highest BCUT2D eigenvalue weighted by atomic mass is 16.5. The monoisotopic (exact) mass is 318 g/mol. The molecule has 3 aliphatic carbocycles. The van der Waals surface area contributed by atoms with E-state index in [0.29, 0.717) is 16.7 Å². The van der Waals surface area contributed by atoms with E-state index in [0.717, 1.165) is 18.8 Å². The molecule has 2 heteroatoms. The van der Waals surface area contributed by atoms with Crippen LogP contribution >= 0.6 is 0 Å². The Hall–Kier alpha value is -0.790. The van der Waals surface area contributed by atoms with Crippen LogP contribution in [0.1, 0.15) is 73.1 Å². The summed E-state index contributed by atoms with van der Waals surface area (Å²) in [6.45, 7) is 12.0. The van der Waals surface area contributed by atoms with E-state index >= 15 is 0 Å². The van der Waals surface area contributed by atoms with Gasteiger partial charge in [0.15, 0.2) is 0 Å². The first kappa shape index (κ1) is 17.0. The molecule has 3 rings (SSSR count). The number of carbonyl (C=O) groups excluding carboxylic acids is 1. The van der Waals surface area contributed by atoms with E-state index in [1.165, 1.54) is 31.3 Å². The predicted octanol–water partition coefficient (Wildman–Crippen LogP) is 5.37. The minimum Gasteiger partial charge on any atom is -0.469 e. The fraction of sp³-hybridized carbons (Fsp3) is 0.857. The fourth-order valence-electron chi connectivity index (χ4n) is 7.09. The summed E-state index contributed by atoms with van der Waals surface area (Å²) in [5, 5.41) is 0. The van der Waals surface area contributed by atoms with Crippen LogP contribution in [0.2, 0.25) is 0 Å². The molecule has 0 radical (unpaired) electrons. The number of hydrogen-bond acceptors (Lipinski definition) is 2. The van der Waals surface area contributed by atoms with E-state index < -0.39 is 0 Å². The van der Waals surface area contributed by atoms with Crippen LogP contribution < -0.4 is 0 Å². The first-order valence-electron chi connectivity index (χ1n) is 9.41. The minimum absolute atomic E-state index is 0.0249. The molecule has 2 saturated carbocycles. The molecule has 23 heavy (non-hydrogen) atoms. The van der Waals surface area contributed by atoms with Crippen molar-refractivity contribution >= 4 is 5.97 Å². The van der Waals surface area contributed by atoms with Gasteiger partial charge < -0.3 is 4.74 Å². The van der Waals surface area contributed by atoms with Crippen molar-refractivity contribution in [3.8, 4) is 0 Å². The van der Waals surface area contributed by atoms with Crippen LogP contribution in [0, 0.1) is 34.0 Å². The van der Waals surface area contributed by atoms with Crippen molar-refractivity contribution in [3.63, 3.8) is 0 Å². The second-order valence-electron chi connectivity index (χ2n) is 9.64. The van der Waals surface area contributed by atoms with Crippen LogP contribution in [0.15, 0.2) is 11.6 Å². The van der Waals surface area contributed by atoms with Gasteiger partial charge in [0.25, 0.3) is 0 Å². The van der Waals surface area contributed by atoms with Crippen LogP contribution in [-0.2, 0) is 9.53 Å². The van der Waals surface area contributed by atoms with Gasteiger partial charge >= 0.3 is 5.97 Å². The third-order valence-corrected chi connectivity index (χ3v) is 8.07. The van der Waals surface area contributed by atoms with Crippen molar-refractivity contribution < 1.29 is 9.53 Å². The Kier molecular flexibility index (Phi) is 3.97. The molecule has 0 aliphatic heterocycles. The minimum atomic E-state index is -0.0472. The zero-order chi connectivity index (χ0) is 17.0. The molecular formula is C21H34O2. The molecule has 0 N–H and O–H groups in total. The number of carbonyl (C=O) groups is 1. The van der Waals surface area contributed by atoms with Gasteiger partial charge in [0, 0.05) is 0 Å². The molecule has 0 heterocycles. The van der Waals surface area contributed by atoms with Gasteiger partial charge in [-0.05, 0) is 67.1 Å². The first-order valence-corrected chi connectivity index (χ1v) is 9.41. The molecule has 0 aromatic heterocycles. The summed E-state index contributed by atoms with van der Waals surface area (Å²) in [7, 11) is 1.54. The maximum absolute atomic E-state index is 12.6. The van der Waals surface area contributed by atoms with E-state index in [9.17, 15) is 4.79 Å². The maximum Gasteiger partial charge on any atom is 0.313 e. The van der Waals surface area contributed by atoms with Crippen LogP contribution in [0.4, 0.5) is 0 Å². The van der Waals surface area contributed by atoms with Crippen molar-refractivity contribution in [3.05, 3.63) is 11.6 Å². The Morgan fingerprint density at radius 1 is 1.09 bits per heavy atom. The van der Waals surface area contributed by atoms with Gasteiger partial charge in [0.05, 0.1) is 13.0 Å². The molecule has 0 aromatic carbocycles. The van der Waals surface area contributed by atoms with E-state index in [4.69, 9.17) is 4.74 Å². The summed E-state index contributed by atoms with van der Waals surface area (Å²) in [5.74, 6) is 1.31. The van der Waals surface area contributed by atoms with Crippen LogP contribution in [0.5, 0.6) is 0 Å². The lowest BCUT2D eigenvalue weighted by Crippen LogP contribution is -2.58. The maximum atomic E-state index is 12.6. The Morgan fingerprint density at radius 2 is 1.78 bits per heavy atom. The highest BCUT2D eigenvalue weighted by Crippen LogP contribution is 2.68. The van der Waals surface area contributed by atoms with Gasteiger partial charge in [-0.3, -0.25) is 4.79 Å². The van der Waals surface area contributed by atoms with Gasteiger partial charge in [-0.25, -0.2) is 0 Å². The van der Waals surface area contributed by atoms with E-state index in [2.05, 4.69) is 40.7 Å².